The van der Waals surface area contributed by atoms with Crippen LogP contribution in [-0.2, 0) is 6.54 Å². The van der Waals surface area contributed by atoms with Crippen LogP contribution in [0, 0.1) is 13.8 Å². The number of halogens is 1. The standard InChI is InChI=1S/C17H18ClN3/c1-12-7-8-13(2)14(9-12)10-21-11-19-17(20-21)15-5-3-4-6-16(15)18/h3-9H,10-11H2,1-2H3,(H,19,20). The molecule has 0 saturated carbocycles. The van der Waals surface area contributed by atoms with Crippen molar-refractivity contribution in [1.29, 1.82) is 0 Å². The van der Waals surface area contributed by atoms with E-state index < -0.39 is 0 Å². The molecule has 0 fully saturated rings. The van der Waals surface area contributed by atoms with Gasteiger partial charge in [-0.1, -0.05) is 47.5 Å². The second-order valence-corrected chi connectivity index (χ2v) is 5.77. The first kappa shape index (κ1) is 14.1. The van der Waals surface area contributed by atoms with E-state index >= 15 is 0 Å². The lowest BCUT2D eigenvalue weighted by Gasteiger charge is -2.18. The third-order valence-corrected chi connectivity index (χ3v) is 3.99. The Morgan fingerprint density at radius 3 is 2.81 bits per heavy atom. The smallest absolute Gasteiger partial charge is 0.145 e. The second-order valence-electron chi connectivity index (χ2n) is 5.37. The zero-order valence-corrected chi connectivity index (χ0v) is 13.0. The molecule has 0 unspecified atom stereocenters. The molecule has 0 amide bonds. The summed E-state index contributed by atoms with van der Waals surface area (Å²) in [6.07, 6.45) is 0. The number of nitrogens with zero attached hydrogens (tertiary/aromatic N) is 2. The minimum Gasteiger partial charge on any atom is -0.301 e. The molecule has 1 aliphatic rings. The van der Waals surface area contributed by atoms with Gasteiger partial charge < -0.3 is 5.43 Å². The third kappa shape index (κ3) is 3.09. The molecule has 0 aromatic heterocycles. The fourth-order valence-corrected chi connectivity index (χ4v) is 2.67. The first-order valence-electron chi connectivity index (χ1n) is 7.00. The van der Waals surface area contributed by atoms with Crippen molar-refractivity contribution >= 4 is 17.4 Å². The largest absolute Gasteiger partial charge is 0.301 e. The second kappa shape index (κ2) is 5.88. The highest BCUT2D eigenvalue weighted by molar-refractivity contribution is 6.34. The van der Waals surface area contributed by atoms with E-state index in [0.29, 0.717) is 6.67 Å². The molecule has 0 bridgehead atoms. The van der Waals surface area contributed by atoms with Crippen LogP contribution in [0.2, 0.25) is 5.02 Å². The number of nitrogens with one attached hydrogen (secondary N) is 1. The van der Waals surface area contributed by atoms with Gasteiger partial charge in [-0.15, -0.1) is 0 Å². The van der Waals surface area contributed by atoms with Crippen LogP contribution in [0.3, 0.4) is 0 Å². The molecule has 2 aromatic carbocycles. The summed E-state index contributed by atoms with van der Waals surface area (Å²) in [6, 6.07) is 14.3. The molecular weight excluding hydrogens is 282 g/mol. The van der Waals surface area contributed by atoms with E-state index in [9.17, 15) is 0 Å². The van der Waals surface area contributed by atoms with E-state index in [1.165, 1.54) is 16.7 Å². The summed E-state index contributed by atoms with van der Waals surface area (Å²) in [6.45, 7) is 5.71. The lowest BCUT2D eigenvalue weighted by Crippen LogP contribution is -2.36. The molecule has 3 nitrogen and oxygen atoms in total. The molecule has 0 aliphatic carbocycles. The average molecular weight is 300 g/mol. The lowest BCUT2D eigenvalue weighted by molar-refractivity contribution is 0.256. The van der Waals surface area contributed by atoms with Gasteiger partial charge in [0.05, 0.1) is 5.02 Å². The molecule has 0 atom stereocenters. The zero-order chi connectivity index (χ0) is 14.8. The van der Waals surface area contributed by atoms with E-state index in [4.69, 9.17) is 11.6 Å². The third-order valence-electron chi connectivity index (χ3n) is 3.66. The van der Waals surface area contributed by atoms with E-state index in [1.54, 1.807) is 0 Å². The van der Waals surface area contributed by atoms with Crippen molar-refractivity contribution in [2.24, 2.45) is 4.99 Å². The summed E-state index contributed by atoms with van der Waals surface area (Å²) in [5.74, 6) is 0.839. The molecule has 1 heterocycles. The number of hydrogen-bond donors (Lipinski definition) is 1. The fraction of sp³-hybridized carbons (Fsp3) is 0.235. The molecule has 0 saturated heterocycles. The van der Waals surface area contributed by atoms with Crippen LogP contribution in [0.1, 0.15) is 22.3 Å². The van der Waals surface area contributed by atoms with Gasteiger partial charge in [0.1, 0.15) is 12.5 Å². The number of amidine groups is 1. The minimum absolute atomic E-state index is 0.633. The summed E-state index contributed by atoms with van der Waals surface area (Å²) in [7, 11) is 0. The van der Waals surface area contributed by atoms with Crippen LogP contribution in [0.4, 0.5) is 0 Å². The van der Waals surface area contributed by atoms with Crippen molar-refractivity contribution in [3.05, 3.63) is 69.7 Å². The van der Waals surface area contributed by atoms with E-state index in [1.807, 2.05) is 24.3 Å². The molecular formula is C17H18ClN3. The molecule has 1 N–H and O–H groups in total. The molecule has 1 aliphatic heterocycles. The van der Waals surface area contributed by atoms with Gasteiger partial charge in [-0.05, 0) is 37.1 Å². The molecule has 2 aromatic rings. The van der Waals surface area contributed by atoms with E-state index in [-0.39, 0.29) is 0 Å². The Labute approximate surface area is 130 Å². The van der Waals surface area contributed by atoms with Gasteiger partial charge in [-0.2, -0.15) is 5.01 Å². The van der Waals surface area contributed by atoms with Gasteiger partial charge in [0.2, 0.25) is 0 Å². The summed E-state index contributed by atoms with van der Waals surface area (Å²) in [5.41, 5.74) is 8.19. The Morgan fingerprint density at radius 2 is 2.00 bits per heavy atom. The first-order valence-corrected chi connectivity index (χ1v) is 7.38. The van der Waals surface area contributed by atoms with Gasteiger partial charge in [-0.3, -0.25) is 0 Å². The minimum atomic E-state index is 0.633. The number of hydrazine groups is 1. The molecule has 0 radical (unpaired) electrons. The molecule has 3 rings (SSSR count). The quantitative estimate of drug-likeness (QED) is 0.936. The maximum absolute atomic E-state index is 6.22. The van der Waals surface area contributed by atoms with Crippen LogP contribution in [0.25, 0.3) is 0 Å². The van der Waals surface area contributed by atoms with Gasteiger partial charge in [0.15, 0.2) is 0 Å². The van der Waals surface area contributed by atoms with E-state index in [2.05, 4.69) is 47.5 Å². The number of hydrogen-bond acceptors (Lipinski definition) is 3. The van der Waals surface area contributed by atoms with Gasteiger partial charge in [0, 0.05) is 12.1 Å². The monoisotopic (exact) mass is 299 g/mol. The van der Waals surface area contributed by atoms with Crippen LogP contribution in [-0.4, -0.2) is 17.5 Å². The maximum Gasteiger partial charge on any atom is 0.145 e. The highest BCUT2D eigenvalue weighted by Gasteiger charge is 2.18. The molecule has 4 heteroatoms. The van der Waals surface area contributed by atoms with Crippen molar-refractivity contribution < 1.29 is 0 Å². The average Bonchev–Trinajstić information content (AvgIpc) is 2.92. The van der Waals surface area contributed by atoms with Crippen molar-refractivity contribution in [2.75, 3.05) is 6.67 Å². The number of rotatable bonds is 3. The number of aliphatic imine (C=N–C) groups is 1. The summed E-state index contributed by atoms with van der Waals surface area (Å²) in [5, 5.41) is 2.82. The van der Waals surface area contributed by atoms with Crippen LogP contribution >= 0.6 is 11.6 Å². The Kier molecular flexibility index (Phi) is 3.95. The first-order chi connectivity index (χ1) is 10.1. The van der Waals surface area contributed by atoms with Gasteiger partial charge >= 0.3 is 0 Å². The fourth-order valence-electron chi connectivity index (χ4n) is 2.44. The Hall–Kier alpha value is -1.84. The van der Waals surface area contributed by atoms with Crippen molar-refractivity contribution in [3.63, 3.8) is 0 Å². The number of aryl methyl sites for hydroxylation is 2. The van der Waals surface area contributed by atoms with Crippen LogP contribution in [0.15, 0.2) is 47.5 Å². The lowest BCUT2D eigenvalue weighted by atomic mass is 10.1. The predicted octanol–water partition coefficient (Wildman–Crippen LogP) is 3.68. The maximum atomic E-state index is 6.22. The summed E-state index contributed by atoms with van der Waals surface area (Å²) >= 11 is 6.22. The highest BCUT2D eigenvalue weighted by atomic mass is 35.5. The van der Waals surface area contributed by atoms with Gasteiger partial charge in [-0.25, -0.2) is 4.99 Å². The van der Waals surface area contributed by atoms with Crippen molar-refractivity contribution in [2.45, 2.75) is 20.4 Å². The predicted molar refractivity (Wildman–Crippen MR) is 87.5 cm³/mol. The van der Waals surface area contributed by atoms with Crippen LogP contribution in [0.5, 0.6) is 0 Å². The summed E-state index contributed by atoms with van der Waals surface area (Å²) < 4.78 is 0. The van der Waals surface area contributed by atoms with E-state index in [0.717, 1.165) is 23.0 Å². The van der Waals surface area contributed by atoms with Crippen LogP contribution < -0.4 is 5.43 Å². The number of benzene rings is 2. The van der Waals surface area contributed by atoms with Crippen molar-refractivity contribution in [3.8, 4) is 0 Å². The Morgan fingerprint density at radius 1 is 1.19 bits per heavy atom. The topological polar surface area (TPSA) is 27.6 Å². The van der Waals surface area contributed by atoms with Gasteiger partial charge in [0.25, 0.3) is 0 Å². The Balaban J connectivity index is 1.72. The Bertz CT molecular complexity index is 694. The SMILES string of the molecule is Cc1ccc(C)c(CN2CN=C(c3ccccc3Cl)N2)c1. The zero-order valence-electron chi connectivity index (χ0n) is 12.2. The molecule has 0 spiro atoms. The van der Waals surface area contributed by atoms with Crippen molar-refractivity contribution in [1.82, 2.24) is 10.4 Å². The summed E-state index contributed by atoms with van der Waals surface area (Å²) in [4.78, 5) is 4.54. The highest BCUT2D eigenvalue weighted by Crippen LogP contribution is 2.18. The molecule has 108 valence electrons. The normalized spacial score (nSPS) is 14.9. The molecule has 21 heavy (non-hydrogen) atoms.